The molecule has 0 aromatic carbocycles. The van der Waals surface area contributed by atoms with Crippen molar-refractivity contribution in [1.82, 2.24) is 5.32 Å². The summed E-state index contributed by atoms with van der Waals surface area (Å²) in [5, 5.41) is 4.37. The Morgan fingerprint density at radius 2 is 1.88 bits per heavy atom. The normalized spacial score (nSPS) is 45.0. The van der Waals surface area contributed by atoms with Gasteiger partial charge >= 0.3 is 0 Å². The predicted octanol–water partition coefficient (Wildman–Crippen LogP) is 1.32. The van der Waals surface area contributed by atoms with Gasteiger partial charge in [-0.1, -0.05) is 0 Å². The average Bonchev–Trinajstić information content (AvgIpc) is 1.92. The Bertz CT molecular complexity index is 59.4. The second kappa shape index (κ2) is 1.73. The van der Waals surface area contributed by atoms with E-state index in [2.05, 4.69) is 11.9 Å². The van der Waals surface area contributed by atoms with Crippen LogP contribution in [0.1, 0.15) is 25.7 Å². The maximum atomic E-state index is 4.37. The molecule has 2 aliphatic heterocycles. The molecular formula is C7H11N. The SMILES string of the molecule is [CH]1[N]C2CCC1CC2. The van der Waals surface area contributed by atoms with Gasteiger partial charge in [-0.25, -0.2) is 5.32 Å². The predicted molar refractivity (Wildman–Crippen MR) is 32.2 cm³/mol. The Kier molecular flexibility index (Phi) is 1.04. The van der Waals surface area contributed by atoms with Crippen molar-refractivity contribution in [3.05, 3.63) is 6.54 Å². The summed E-state index contributed by atoms with van der Waals surface area (Å²) >= 11 is 0. The van der Waals surface area contributed by atoms with Gasteiger partial charge in [0.25, 0.3) is 0 Å². The summed E-state index contributed by atoms with van der Waals surface area (Å²) < 4.78 is 0. The Morgan fingerprint density at radius 1 is 1.12 bits per heavy atom. The maximum absolute atomic E-state index is 4.37. The monoisotopic (exact) mass is 109 g/mol. The van der Waals surface area contributed by atoms with E-state index in [1.165, 1.54) is 25.7 Å². The van der Waals surface area contributed by atoms with Gasteiger partial charge in [0.1, 0.15) is 0 Å². The van der Waals surface area contributed by atoms with Crippen LogP contribution in [-0.4, -0.2) is 6.04 Å². The number of rotatable bonds is 0. The summed E-state index contributed by atoms with van der Waals surface area (Å²) in [6.07, 6.45) is 5.55. The van der Waals surface area contributed by atoms with Crippen molar-refractivity contribution in [3.63, 3.8) is 0 Å². The molecule has 0 spiro atoms. The van der Waals surface area contributed by atoms with Crippen LogP contribution in [0.2, 0.25) is 0 Å². The number of hydrogen-bond acceptors (Lipinski definition) is 0. The van der Waals surface area contributed by atoms with Gasteiger partial charge in [-0.05, 0) is 31.6 Å². The Morgan fingerprint density at radius 3 is 2.00 bits per heavy atom. The van der Waals surface area contributed by atoms with Gasteiger partial charge in [-0.15, -0.1) is 0 Å². The molecule has 0 unspecified atom stereocenters. The van der Waals surface area contributed by atoms with Gasteiger partial charge in [0.2, 0.25) is 0 Å². The molecule has 2 saturated heterocycles. The minimum absolute atomic E-state index is 0.722. The molecule has 8 heavy (non-hydrogen) atoms. The highest BCUT2D eigenvalue weighted by Gasteiger charge is 2.27. The molecule has 3 rings (SSSR count). The molecule has 2 heterocycles. The van der Waals surface area contributed by atoms with Crippen molar-refractivity contribution >= 4 is 0 Å². The highest BCUT2D eigenvalue weighted by atomic mass is 14.9. The van der Waals surface area contributed by atoms with Crippen LogP contribution in [-0.2, 0) is 0 Å². The molecule has 1 heteroatoms. The van der Waals surface area contributed by atoms with Crippen molar-refractivity contribution in [2.24, 2.45) is 5.92 Å². The van der Waals surface area contributed by atoms with Crippen molar-refractivity contribution in [2.45, 2.75) is 31.7 Å². The first-order chi connectivity index (χ1) is 3.95. The molecule has 1 aliphatic carbocycles. The van der Waals surface area contributed by atoms with E-state index in [4.69, 9.17) is 0 Å². The van der Waals surface area contributed by atoms with Crippen LogP contribution >= 0.6 is 0 Å². The maximum Gasteiger partial charge on any atom is 0.0449 e. The third kappa shape index (κ3) is 0.655. The Hall–Kier alpha value is -0.0400. The first-order valence-corrected chi connectivity index (χ1v) is 3.48. The van der Waals surface area contributed by atoms with Crippen LogP contribution in [0.3, 0.4) is 0 Å². The van der Waals surface area contributed by atoms with E-state index in [0.29, 0.717) is 0 Å². The second-order valence-corrected chi connectivity index (χ2v) is 2.87. The van der Waals surface area contributed by atoms with Crippen molar-refractivity contribution < 1.29 is 0 Å². The van der Waals surface area contributed by atoms with Crippen LogP contribution in [0.25, 0.3) is 0 Å². The fourth-order valence-corrected chi connectivity index (χ4v) is 1.64. The van der Waals surface area contributed by atoms with Gasteiger partial charge in [0, 0.05) is 12.6 Å². The lowest BCUT2D eigenvalue weighted by atomic mass is 9.82. The molecular weight excluding hydrogens is 98.1 g/mol. The molecule has 0 N–H and O–H groups in total. The quantitative estimate of drug-likeness (QED) is 0.445. The first kappa shape index (κ1) is 4.80. The molecule has 1 nitrogen and oxygen atoms in total. The summed E-state index contributed by atoms with van der Waals surface area (Å²) in [5.41, 5.74) is 0. The largest absolute Gasteiger partial charge is 0.233 e. The number of nitrogens with zero attached hydrogens (tertiary/aromatic N) is 1. The molecule has 3 fully saturated rings. The molecule has 0 aromatic heterocycles. The molecule has 2 radical (unpaired) electrons. The minimum Gasteiger partial charge on any atom is -0.233 e. The highest BCUT2D eigenvalue weighted by molar-refractivity contribution is 4.91. The molecule has 0 aromatic rings. The number of piperidine rings is 2. The van der Waals surface area contributed by atoms with Crippen molar-refractivity contribution in [2.75, 3.05) is 0 Å². The molecule has 3 aliphatic rings. The lowest BCUT2D eigenvalue weighted by Crippen LogP contribution is -2.35. The molecule has 0 amide bonds. The lowest BCUT2D eigenvalue weighted by molar-refractivity contribution is 0.249. The summed E-state index contributed by atoms with van der Waals surface area (Å²) in [6, 6.07) is 0.722. The fourth-order valence-electron chi connectivity index (χ4n) is 1.64. The van der Waals surface area contributed by atoms with Gasteiger partial charge in [-0.2, -0.15) is 0 Å². The van der Waals surface area contributed by atoms with Gasteiger partial charge in [-0.3, -0.25) is 0 Å². The van der Waals surface area contributed by atoms with Gasteiger partial charge < -0.3 is 0 Å². The summed E-state index contributed by atoms with van der Waals surface area (Å²) in [4.78, 5) is 0. The zero-order chi connectivity index (χ0) is 5.40. The number of hydrogen-bond donors (Lipinski definition) is 0. The highest BCUT2D eigenvalue weighted by Crippen LogP contribution is 2.31. The van der Waals surface area contributed by atoms with E-state index >= 15 is 0 Å². The van der Waals surface area contributed by atoms with Crippen molar-refractivity contribution in [3.8, 4) is 0 Å². The number of fused-ring (bicyclic) bond motifs is 3. The van der Waals surface area contributed by atoms with Crippen LogP contribution in [0.4, 0.5) is 0 Å². The molecule has 0 atom stereocenters. The molecule has 1 saturated carbocycles. The fraction of sp³-hybridized carbons (Fsp3) is 0.857. The van der Waals surface area contributed by atoms with Crippen molar-refractivity contribution in [1.29, 1.82) is 0 Å². The summed E-state index contributed by atoms with van der Waals surface area (Å²) in [5.74, 6) is 0.861. The summed E-state index contributed by atoms with van der Waals surface area (Å²) in [6.45, 7) is 2.16. The Balaban J connectivity index is 2.03. The molecule has 2 bridgehead atoms. The van der Waals surface area contributed by atoms with Gasteiger partial charge in [0.15, 0.2) is 0 Å². The van der Waals surface area contributed by atoms with E-state index in [0.717, 1.165) is 12.0 Å². The van der Waals surface area contributed by atoms with E-state index in [9.17, 15) is 0 Å². The third-order valence-electron chi connectivity index (χ3n) is 2.25. The zero-order valence-corrected chi connectivity index (χ0v) is 5.01. The topological polar surface area (TPSA) is 14.1 Å². The lowest BCUT2D eigenvalue weighted by Gasteiger charge is -2.34. The Labute approximate surface area is 50.5 Å². The van der Waals surface area contributed by atoms with Gasteiger partial charge in [0.05, 0.1) is 0 Å². The van der Waals surface area contributed by atoms with E-state index in [1.807, 2.05) is 0 Å². The van der Waals surface area contributed by atoms with E-state index in [-0.39, 0.29) is 0 Å². The zero-order valence-electron chi connectivity index (χ0n) is 5.01. The van der Waals surface area contributed by atoms with Crippen LogP contribution in [0.5, 0.6) is 0 Å². The second-order valence-electron chi connectivity index (χ2n) is 2.87. The minimum atomic E-state index is 0.722. The van der Waals surface area contributed by atoms with Crippen LogP contribution < -0.4 is 5.32 Å². The van der Waals surface area contributed by atoms with E-state index < -0.39 is 0 Å². The van der Waals surface area contributed by atoms with Crippen LogP contribution in [0, 0.1) is 12.5 Å². The van der Waals surface area contributed by atoms with E-state index in [1.54, 1.807) is 0 Å². The van der Waals surface area contributed by atoms with Crippen LogP contribution in [0.15, 0.2) is 0 Å². The first-order valence-electron chi connectivity index (χ1n) is 3.48. The summed E-state index contributed by atoms with van der Waals surface area (Å²) in [7, 11) is 0. The molecule has 44 valence electrons. The smallest absolute Gasteiger partial charge is 0.0449 e. The third-order valence-corrected chi connectivity index (χ3v) is 2.25. The standard InChI is InChI=1S/C7H11N/c1-3-7-4-2-6(1)5-8-7/h5-7H,1-4H2. The average molecular weight is 109 g/mol.